The van der Waals surface area contributed by atoms with Crippen LogP contribution in [0.25, 0.3) is 0 Å². The highest BCUT2D eigenvalue weighted by Gasteiger charge is 2.11. The van der Waals surface area contributed by atoms with E-state index in [4.69, 9.17) is 4.74 Å². The molecule has 3 aromatic rings. The monoisotopic (exact) mass is 536 g/mol. The Kier molecular flexibility index (Phi) is 13.8. The van der Waals surface area contributed by atoms with Crippen molar-refractivity contribution in [2.75, 3.05) is 17.2 Å². The maximum Gasteiger partial charge on any atom is 0.323 e. The van der Waals surface area contributed by atoms with Crippen LogP contribution in [0.1, 0.15) is 95.2 Å². The van der Waals surface area contributed by atoms with Crippen LogP contribution in [0.4, 0.5) is 16.2 Å². The molecule has 2 aromatic carbocycles. The predicted octanol–water partition coefficient (Wildman–Crippen LogP) is 9.12. The van der Waals surface area contributed by atoms with Gasteiger partial charge in [0, 0.05) is 18.2 Å². The number of amides is 2. The second-order valence-electron chi connectivity index (χ2n) is 10.1. The van der Waals surface area contributed by atoms with Crippen molar-refractivity contribution >= 4 is 28.7 Å². The van der Waals surface area contributed by atoms with Crippen LogP contribution in [0, 0.1) is 6.92 Å². The van der Waals surface area contributed by atoms with Crippen molar-refractivity contribution in [2.24, 2.45) is 0 Å². The molecule has 38 heavy (non-hydrogen) atoms. The molecule has 0 radical (unpaired) electrons. The molecule has 206 valence electrons. The Morgan fingerprint density at radius 3 is 2.21 bits per heavy atom. The molecule has 0 aliphatic rings. The summed E-state index contributed by atoms with van der Waals surface area (Å²) >= 11 is 1.69. The molecule has 2 N–H and O–H groups in total. The van der Waals surface area contributed by atoms with Gasteiger partial charge in [-0.2, -0.15) is 4.57 Å². The molecule has 1 heterocycles. The van der Waals surface area contributed by atoms with Gasteiger partial charge in [-0.15, -0.1) is 0 Å². The van der Waals surface area contributed by atoms with Crippen molar-refractivity contribution in [2.45, 2.75) is 97.4 Å². The fourth-order valence-electron chi connectivity index (χ4n) is 4.56. The van der Waals surface area contributed by atoms with Crippen LogP contribution in [-0.2, 0) is 6.54 Å². The Balaban J connectivity index is 1.33. The molecule has 6 heteroatoms. The number of hydrogen-bond donors (Lipinski definition) is 2. The minimum atomic E-state index is -0.275. The van der Waals surface area contributed by atoms with Gasteiger partial charge in [-0.3, -0.25) is 0 Å². The summed E-state index contributed by atoms with van der Waals surface area (Å²) in [5.74, 6) is 0.712. The summed E-state index contributed by atoms with van der Waals surface area (Å²) in [5.41, 5.74) is 5.93. The van der Waals surface area contributed by atoms with Crippen molar-refractivity contribution in [1.29, 1.82) is 0 Å². The quantitative estimate of drug-likeness (QED) is 0.126. The molecule has 0 atom stereocenters. The number of rotatable bonds is 18. The first-order chi connectivity index (χ1) is 18.7. The van der Waals surface area contributed by atoms with Crippen molar-refractivity contribution in [3.05, 3.63) is 70.7 Å². The molecule has 0 bridgehead atoms. The van der Waals surface area contributed by atoms with Gasteiger partial charge >= 0.3 is 6.03 Å². The van der Waals surface area contributed by atoms with E-state index in [1.54, 1.807) is 11.3 Å². The number of hydrogen-bond acceptors (Lipinski definition) is 3. The number of unbranched alkanes of at least 4 members (excludes halogenated alkanes) is 11. The zero-order chi connectivity index (χ0) is 26.8. The highest BCUT2D eigenvalue weighted by atomic mass is 32.1. The normalized spacial score (nSPS) is 10.9. The van der Waals surface area contributed by atoms with Gasteiger partial charge in [0.15, 0.2) is 12.2 Å². The summed E-state index contributed by atoms with van der Waals surface area (Å²) in [7, 11) is 0. The van der Waals surface area contributed by atoms with Gasteiger partial charge < -0.3 is 15.4 Å². The van der Waals surface area contributed by atoms with E-state index in [0.29, 0.717) is 18.0 Å². The molecule has 0 unspecified atom stereocenters. The SMILES string of the molecule is CCCCCCCCCCCCCCOc1ccccc1NC(=O)Nc1cccc(C[n+]2cscc2C)c1. The molecule has 3 rings (SSSR count). The van der Waals surface area contributed by atoms with Crippen LogP contribution < -0.4 is 19.9 Å². The fraction of sp³-hybridized carbons (Fsp3) is 0.500. The third-order valence-corrected chi connectivity index (χ3v) is 7.66. The first-order valence-electron chi connectivity index (χ1n) is 14.5. The van der Waals surface area contributed by atoms with E-state index in [9.17, 15) is 4.79 Å². The summed E-state index contributed by atoms with van der Waals surface area (Å²) in [6.07, 6.45) is 15.9. The Labute approximate surface area is 233 Å². The minimum Gasteiger partial charge on any atom is -0.491 e. The van der Waals surface area contributed by atoms with Crippen LogP contribution in [0.3, 0.4) is 0 Å². The van der Waals surface area contributed by atoms with E-state index in [1.807, 2.05) is 42.5 Å². The minimum absolute atomic E-state index is 0.275. The zero-order valence-electron chi connectivity index (χ0n) is 23.3. The highest BCUT2D eigenvalue weighted by molar-refractivity contribution is 7.07. The van der Waals surface area contributed by atoms with Crippen molar-refractivity contribution in [3.63, 3.8) is 0 Å². The third kappa shape index (κ3) is 11.3. The molecule has 0 saturated carbocycles. The van der Waals surface area contributed by atoms with Crippen LogP contribution >= 0.6 is 11.3 Å². The molecule has 0 fully saturated rings. The van der Waals surface area contributed by atoms with Gasteiger partial charge in [-0.05, 0) is 30.7 Å². The number of carbonyl (C=O) groups excluding carboxylic acids is 1. The molecule has 0 spiro atoms. The van der Waals surface area contributed by atoms with Gasteiger partial charge in [0.2, 0.25) is 5.51 Å². The number of thiazole rings is 1. The summed E-state index contributed by atoms with van der Waals surface area (Å²) in [6, 6.07) is 15.3. The number of benzene rings is 2. The van der Waals surface area contributed by atoms with Crippen molar-refractivity contribution < 1.29 is 14.1 Å². The molecule has 0 saturated heterocycles. The number of para-hydroxylation sites is 2. The lowest BCUT2D eigenvalue weighted by Gasteiger charge is -2.13. The number of urea groups is 1. The van der Waals surface area contributed by atoms with Crippen LogP contribution in [-0.4, -0.2) is 12.6 Å². The van der Waals surface area contributed by atoms with Gasteiger partial charge in [-0.1, -0.05) is 113 Å². The fourth-order valence-corrected chi connectivity index (χ4v) is 5.35. The number of anilines is 2. The topological polar surface area (TPSA) is 54.2 Å². The van der Waals surface area contributed by atoms with Gasteiger partial charge in [-0.25, -0.2) is 4.79 Å². The number of aryl methyl sites for hydroxylation is 1. The molecule has 5 nitrogen and oxygen atoms in total. The maximum atomic E-state index is 12.7. The van der Waals surface area contributed by atoms with E-state index in [2.05, 4.69) is 46.0 Å². The Hall–Kier alpha value is -2.86. The summed E-state index contributed by atoms with van der Waals surface area (Å²) in [4.78, 5) is 12.7. The van der Waals surface area contributed by atoms with E-state index >= 15 is 0 Å². The van der Waals surface area contributed by atoms with Crippen LogP contribution in [0.15, 0.2) is 59.4 Å². The first kappa shape index (κ1) is 29.7. The lowest BCUT2D eigenvalue weighted by atomic mass is 10.1. The zero-order valence-corrected chi connectivity index (χ0v) is 24.2. The van der Waals surface area contributed by atoms with Crippen LogP contribution in [0.5, 0.6) is 5.75 Å². The number of nitrogens with one attached hydrogen (secondary N) is 2. The average Bonchev–Trinajstić information content (AvgIpc) is 3.31. The standard InChI is InChI=1S/C32H45N3O2S/c1-3-4-5-6-7-8-9-10-11-12-13-16-22-37-31-21-15-14-20-30(31)34-32(36)33-29-19-17-18-28(23-29)24-35-26-38-25-27(35)2/h14-15,17-21,23,25-26H,3-13,16,22,24H2,1-2H3,(H-,33,34,36)/p+1. The Bertz CT molecular complexity index is 1080. The number of nitrogens with zero attached hydrogens (tertiary/aromatic N) is 1. The number of carbonyl (C=O) groups is 1. The Morgan fingerprint density at radius 1 is 0.842 bits per heavy atom. The molecule has 0 aliphatic heterocycles. The van der Waals surface area contributed by atoms with E-state index in [1.165, 1.54) is 76.3 Å². The number of aromatic nitrogens is 1. The number of ether oxygens (including phenoxy) is 1. The van der Waals surface area contributed by atoms with Crippen molar-refractivity contribution in [1.82, 2.24) is 0 Å². The summed E-state index contributed by atoms with van der Waals surface area (Å²) < 4.78 is 8.23. The third-order valence-electron chi connectivity index (χ3n) is 6.81. The summed E-state index contributed by atoms with van der Waals surface area (Å²) in [6.45, 7) is 5.82. The Morgan fingerprint density at radius 2 is 1.53 bits per heavy atom. The largest absolute Gasteiger partial charge is 0.491 e. The van der Waals surface area contributed by atoms with Gasteiger partial charge in [0.05, 0.1) is 17.7 Å². The molecule has 2 amide bonds. The second-order valence-corrected chi connectivity index (χ2v) is 10.9. The van der Waals surface area contributed by atoms with E-state index < -0.39 is 0 Å². The second kappa shape index (κ2) is 17.6. The average molecular weight is 537 g/mol. The van der Waals surface area contributed by atoms with Gasteiger partial charge in [0.1, 0.15) is 5.75 Å². The van der Waals surface area contributed by atoms with E-state index in [-0.39, 0.29) is 6.03 Å². The first-order valence-corrected chi connectivity index (χ1v) is 15.4. The summed E-state index contributed by atoms with van der Waals surface area (Å²) in [5, 5.41) is 8.04. The van der Waals surface area contributed by atoms with Gasteiger partial charge in [0.25, 0.3) is 0 Å². The van der Waals surface area contributed by atoms with E-state index in [0.717, 1.165) is 24.2 Å². The smallest absolute Gasteiger partial charge is 0.323 e. The molecular weight excluding hydrogens is 490 g/mol. The molecule has 0 aliphatic carbocycles. The lowest BCUT2D eigenvalue weighted by Crippen LogP contribution is -2.34. The van der Waals surface area contributed by atoms with Crippen LogP contribution in [0.2, 0.25) is 0 Å². The maximum absolute atomic E-state index is 12.7. The molecular formula is C32H46N3O2S+. The lowest BCUT2D eigenvalue weighted by molar-refractivity contribution is -0.689. The highest BCUT2D eigenvalue weighted by Crippen LogP contribution is 2.24. The molecule has 1 aromatic heterocycles. The van der Waals surface area contributed by atoms with Crippen molar-refractivity contribution in [3.8, 4) is 5.75 Å². The predicted molar refractivity (Wildman–Crippen MR) is 160 cm³/mol.